The molecule has 1 nitrogen and oxygen atoms in total. The van der Waals surface area contributed by atoms with Crippen molar-refractivity contribution in [3.63, 3.8) is 0 Å². The fourth-order valence-electron chi connectivity index (χ4n) is 2.48. The monoisotopic (exact) mass is 249 g/mol. The molecule has 0 amide bonds. The minimum Gasteiger partial charge on any atom is -0.313 e. The molecule has 0 saturated heterocycles. The van der Waals surface area contributed by atoms with Gasteiger partial charge < -0.3 is 5.32 Å². The van der Waals surface area contributed by atoms with Gasteiger partial charge in [0.15, 0.2) is 0 Å². The Bertz CT molecular complexity index is 398. The highest BCUT2D eigenvalue weighted by atomic mass is 35.5. The Morgan fingerprint density at radius 1 is 1.29 bits per heavy atom. The van der Waals surface area contributed by atoms with Crippen LogP contribution in [0, 0.1) is 0 Å². The van der Waals surface area contributed by atoms with Gasteiger partial charge in [0, 0.05) is 11.1 Å². The molecule has 1 aromatic rings. The number of allylic oxidation sites excluding steroid dienone is 1. The third-order valence-corrected chi connectivity index (χ3v) is 3.82. The first-order valence-electron chi connectivity index (χ1n) is 6.41. The number of nitrogens with one attached hydrogen (secondary N) is 1. The second kappa shape index (κ2) is 6.23. The maximum Gasteiger partial charge on any atom is 0.0453 e. The van der Waals surface area contributed by atoms with Gasteiger partial charge in [0.05, 0.1) is 0 Å². The molecule has 0 heterocycles. The van der Waals surface area contributed by atoms with Crippen LogP contribution in [-0.2, 0) is 0 Å². The van der Waals surface area contributed by atoms with Gasteiger partial charge in [-0.15, -0.1) is 0 Å². The lowest BCUT2D eigenvalue weighted by Crippen LogP contribution is -2.17. The van der Waals surface area contributed by atoms with E-state index in [1.54, 1.807) is 5.57 Å². The van der Waals surface area contributed by atoms with Crippen LogP contribution >= 0.6 is 11.6 Å². The van der Waals surface area contributed by atoms with Crippen LogP contribution in [0.3, 0.4) is 0 Å². The van der Waals surface area contributed by atoms with E-state index in [0.29, 0.717) is 6.04 Å². The van der Waals surface area contributed by atoms with Crippen molar-refractivity contribution in [1.29, 1.82) is 0 Å². The summed E-state index contributed by atoms with van der Waals surface area (Å²) in [5, 5.41) is 4.25. The highest BCUT2D eigenvalue weighted by molar-refractivity contribution is 6.31. The molecule has 1 unspecified atom stereocenters. The van der Waals surface area contributed by atoms with Crippen molar-refractivity contribution in [3.8, 4) is 0 Å². The second-order valence-electron chi connectivity index (χ2n) is 4.68. The molecule has 92 valence electrons. The fraction of sp³-hybridized carbons (Fsp3) is 0.467. The molecule has 17 heavy (non-hydrogen) atoms. The van der Waals surface area contributed by atoms with Gasteiger partial charge in [0.2, 0.25) is 0 Å². The van der Waals surface area contributed by atoms with Crippen molar-refractivity contribution in [2.24, 2.45) is 0 Å². The maximum absolute atomic E-state index is 6.26. The van der Waals surface area contributed by atoms with Gasteiger partial charge in [0.25, 0.3) is 0 Å². The zero-order chi connectivity index (χ0) is 12.1. The van der Waals surface area contributed by atoms with E-state index in [-0.39, 0.29) is 0 Å². The van der Waals surface area contributed by atoms with E-state index in [4.69, 9.17) is 11.6 Å². The molecule has 1 aliphatic rings. The molecule has 2 rings (SSSR count). The summed E-state index contributed by atoms with van der Waals surface area (Å²) in [6.07, 6.45) is 8.67. The zero-order valence-electron chi connectivity index (χ0n) is 10.4. The Hall–Kier alpha value is -0.790. The van der Waals surface area contributed by atoms with Gasteiger partial charge in [-0.2, -0.15) is 0 Å². The number of benzene rings is 1. The van der Waals surface area contributed by atoms with E-state index in [1.165, 1.54) is 31.2 Å². The average Bonchev–Trinajstić information content (AvgIpc) is 2.38. The molecule has 1 atom stereocenters. The van der Waals surface area contributed by atoms with Crippen LogP contribution in [0.2, 0.25) is 5.02 Å². The maximum atomic E-state index is 6.26. The van der Waals surface area contributed by atoms with Crippen molar-refractivity contribution in [1.82, 2.24) is 5.32 Å². The van der Waals surface area contributed by atoms with E-state index in [9.17, 15) is 0 Å². The quantitative estimate of drug-likeness (QED) is 0.776. The Morgan fingerprint density at radius 3 is 2.76 bits per heavy atom. The van der Waals surface area contributed by atoms with Crippen LogP contribution in [-0.4, -0.2) is 7.05 Å². The molecule has 0 bridgehead atoms. The van der Waals surface area contributed by atoms with Gasteiger partial charge in [-0.25, -0.2) is 0 Å². The lowest BCUT2D eigenvalue weighted by atomic mass is 9.91. The molecule has 0 fully saturated rings. The normalized spacial score (nSPS) is 17.6. The topological polar surface area (TPSA) is 12.0 Å². The van der Waals surface area contributed by atoms with Gasteiger partial charge >= 0.3 is 0 Å². The van der Waals surface area contributed by atoms with Crippen LogP contribution in [0.25, 0.3) is 0 Å². The molecule has 0 aromatic heterocycles. The van der Waals surface area contributed by atoms with E-state index in [0.717, 1.165) is 11.4 Å². The van der Waals surface area contributed by atoms with Crippen molar-refractivity contribution < 1.29 is 0 Å². The van der Waals surface area contributed by atoms with Crippen molar-refractivity contribution in [3.05, 3.63) is 46.5 Å². The van der Waals surface area contributed by atoms with Crippen LogP contribution in [0.5, 0.6) is 0 Å². The predicted octanol–water partition coefficient (Wildman–Crippen LogP) is 4.49. The lowest BCUT2D eigenvalue weighted by molar-refractivity contribution is 0.559. The Morgan fingerprint density at radius 2 is 2.12 bits per heavy atom. The molecular formula is C15H20ClN. The average molecular weight is 250 g/mol. The lowest BCUT2D eigenvalue weighted by Gasteiger charge is -2.21. The largest absolute Gasteiger partial charge is 0.313 e. The van der Waals surface area contributed by atoms with Crippen molar-refractivity contribution in [2.45, 2.75) is 38.1 Å². The first kappa shape index (κ1) is 12.7. The highest BCUT2D eigenvalue weighted by Crippen LogP contribution is 2.30. The minimum atomic E-state index is 0.341. The third-order valence-electron chi connectivity index (χ3n) is 3.48. The van der Waals surface area contributed by atoms with Crippen LogP contribution < -0.4 is 5.32 Å². The smallest absolute Gasteiger partial charge is 0.0453 e. The number of halogens is 1. The summed E-state index contributed by atoms with van der Waals surface area (Å²) < 4.78 is 0. The Kier molecular flexibility index (Phi) is 4.64. The van der Waals surface area contributed by atoms with Gasteiger partial charge in [-0.1, -0.05) is 41.4 Å². The van der Waals surface area contributed by atoms with E-state index < -0.39 is 0 Å². The van der Waals surface area contributed by atoms with E-state index in [1.807, 2.05) is 19.2 Å². The summed E-state index contributed by atoms with van der Waals surface area (Å²) in [6.45, 7) is 0. The van der Waals surface area contributed by atoms with Crippen LogP contribution in [0.15, 0.2) is 35.9 Å². The molecule has 0 radical (unpaired) electrons. The molecule has 1 N–H and O–H groups in total. The van der Waals surface area contributed by atoms with Gasteiger partial charge in [0.1, 0.15) is 0 Å². The van der Waals surface area contributed by atoms with Gasteiger partial charge in [-0.05, 0) is 50.8 Å². The van der Waals surface area contributed by atoms with Crippen molar-refractivity contribution in [2.75, 3.05) is 7.05 Å². The van der Waals surface area contributed by atoms with Crippen LogP contribution in [0.4, 0.5) is 0 Å². The second-order valence-corrected chi connectivity index (χ2v) is 5.08. The minimum absolute atomic E-state index is 0.341. The first-order chi connectivity index (χ1) is 8.31. The predicted molar refractivity (Wildman–Crippen MR) is 74.4 cm³/mol. The summed E-state index contributed by atoms with van der Waals surface area (Å²) in [5.41, 5.74) is 2.79. The molecule has 1 aromatic carbocycles. The van der Waals surface area contributed by atoms with Crippen molar-refractivity contribution >= 4 is 11.6 Å². The summed E-state index contributed by atoms with van der Waals surface area (Å²) >= 11 is 6.26. The first-order valence-corrected chi connectivity index (χ1v) is 6.78. The molecular weight excluding hydrogens is 230 g/mol. The standard InChI is InChI=1S/C15H20ClN/c1-17-15(11-12-7-3-2-4-8-12)13-9-5-6-10-14(13)16/h5-7,9-10,15,17H,2-4,8,11H2,1H3. The summed E-state index contributed by atoms with van der Waals surface area (Å²) in [4.78, 5) is 0. The highest BCUT2D eigenvalue weighted by Gasteiger charge is 2.15. The van der Waals surface area contributed by atoms with E-state index >= 15 is 0 Å². The molecule has 0 aliphatic heterocycles. The Labute approximate surface area is 109 Å². The number of rotatable bonds is 4. The molecule has 1 aliphatic carbocycles. The Balaban J connectivity index is 2.11. The van der Waals surface area contributed by atoms with E-state index in [2.05, 4.69) is 23.5 Å². The zero-order valence-corrected chi connectivity index (χ0v) is 11.1. The summed E-state index contributed by atoms with van der Waals surface area (Å²) in [7, 11) is 2.01. The fourth-order valence-corrected chi connectivity index (χ4v) is 2.74. The molecule has 0 saturated carbocycles. The molecule has 0 spiro atoms. The van der Waals surface area contributed by atoms with Gasteiger partial charge in [-0.3, -0.25) is 0 Å². The molecule has 2 heteroatoms. The van der Waals surface area contributed by atoms with Crippen LogP contribution in [0.1, 0.15) is 43.7 Å². The number of hydrogen-bond acceptors (Lipinski definition) is 1. The summed E-state index contributed by atoms with van der Waals surface area (Å²) in [5.74, 6) is 0. The third kappa shape index (κ3) is 3.34. The SMILES string of the molecule is CNC(CC1=CCCCC1)c1ccccc1Cl. The number of hydrogen-bond donors (Lipinski definition) is 1. The summed E-state index contributed by atoms with van der Waals surface area (Å²) in [6, 6.07) is 8.47.